The van der Waals surface area contributed by atoms with Crippen LogP contribution in [0.2, 0.25) is 0 Å². The molecular weight excluding hydrogens is 417 g/mol. The first kappa shape index (κ1) is 21.1. The summed E-state index contributed by atoms with van der Waals surface area (Å²) in [4.78, 5) is 38.9. The van der Waals surface area contributed by atoms with Crippen LogP contribution in [0.4, 0.5) is 10.2 Å². The fraction of sp³-hybridized carbons (Fsp3) is 0.238. The van der Waals surface area contributed by atoms with E-state index in [0.717, 1.165) is 0 Å². The van der Waals surface area contributed by atoms with Gasteiger partial charge in [0.05, 0.1) is 0 Å². The predicted octanol–water partition coefficient (Wildman–Crippen LogP) is 1.13. The number of halogens is 1. The molecule has 0 aliphatic carbocycles. The van der Waals surface area contributed by atoms with E-state index in [0.29, 0.717) is 28.5 Å². The third-order valence-electron chi connectivity index (χ3n) is 4.77. The molecule has 0 saturated carbocycles. The minimum absolute atomic E-state index is 0.0596. The number of likely N-dealkylation sites (N-methyl/N-ethyl adjacent to an activating group) is 1. The summed E-state index contributed by atoms with van der Waals surface area (Å²) in [7, 11) is 3.16. The molecule has 0 saturated heterocycles. The van der Waals surface area contributed by atoms with E-state index in [1.54, 1.807) is 44.7 Å². The van der Waals surface area contributed by atoms with Crippen molar-refractivity contribution < 1.29 is 18.7 Å². The van der Waals surface area contributed by atoms with Crippen LogP contribution in [0.15, 0.2) is 41.5 Å². The number of H-pyrrole nitrogens is 1. The Kier molecular flexibility index (Phi) is 5.88. The standard InChI is InChI=1S/C21H20FN7O3/c1-23-10-13-6-12(7-14(22)8-13)9-17-26-18(28-27-17)20(30)25-15-11-32-16-4-3-5-24-19(16)29(2)21(15)31/h3-8,10,15H,9,11H2,1-2H3,(H,25,30)(H,26,27,28)/t15-/m0/s1. The van der Waals surface area contributed by atoms with Crippen molar-refractivity contribution in [2.24, 2.45) is 4.99 Å². The van der Waals surface area contributed by atoms with Gasteiger partial charge in [0.2, 0.25) is 5.82 Å². The number of aromatic nitrogens is 4. The maximum absolute atomic E-state index is 13.8. The lowest BCUT2D eigenvalue weighted by molar-refractivity contribution is -0.120. The highest BCUT2D eigenvalue weighted by Gasteiger charge is 2.32. The predicted molar refractivity (Wildman–Crippen MR) is 114 cm³/mol. The van der Waals surface area contributed by atoms with E-state index in [1.807, 2.05) is 0 Å². The van der Waals surface area contributed by atoms with E-state index in [4.69, 9.17) is 4.74 Å². The summed E-state index contributed by atoms with van der Waals surface area (Å²) in [6, 6.07) is 6.96. The van der Waals surface area contributed by atoms with Gasteiger partial charge in [-0.25, -0.2) is 14.4 Å². The minimum Gasteiger partial charge on any atom is -0.487 e. The van der Waals surface area contributed by atoms with Crippen molar-refractivity contribution in [3.05, 3.63) is 65.1 Å². The highest BCUT2D eigenvalue weighted by molar-refractivity contribution is 6.01. The van der Waals surface area contributed by atoms with Crippen LogP contribution in [0.5, 0.6) is 5.75 Å². The van der Waals surface area contributed by atoms with Crippen molar-refractivity contribution in [1.82, 2.24) is 25.5 Å². The number of rotatable bonds is 5. The van der Waals surface area contributed by atoms with Gasteiger partial charge >= 0.3 is 0 Å². The molecule has 0 unspecified atom stereocenters. The van der Waals surface area contributed by atoms with Crippen LogP contribution in [-0.4, -0.2) is 64.9 Å². The van der Waals surface area contributed by atoms with Crippen molar-refractivity contribution in [3.63, 3.8) is 0 Å². The summed E-state index contributed by atoms with van der Waals surface area (Å²) < 4.78 is 19.5. The van der Waals surface area contributed by atoms with Gasteiger partial charge in [0.1, 0.15) is 24.3 Å². The van der Waals surface area contributed by atoms with E-state index >= 15 is 0 Å². The number of carbonyl (C=O) groups is 2. The second-order valence-electron chi connectivity index (χ2n) is 7.12. The molecule has 3 heterocycles. The number of hydrogen-bond donors (Lipinski definition) is 2. The van der Waals surface area contributed by atoms with Gasteiger partial charge in [-0.1, -0.05) is 0 Å². The fourth-order valence-corrected chi connectivity index (χ4v) is 3.33. The first-order valence-corrected chi connectivity index (χ1v) is 9.73. The zero-order valence-corrected chi connectivity index (χ0v) is 17.4. The molecule has 164 valence electrons. The third-order valence-corrected chi connectivity index (χ3v) is 4.77. The highest BCUT2D eigenvalue weighted by Crippen LogP contribution is 2.27. The largest absolute Gasteiger partial charge is 0.487 e. The Labute approximate surface area is 182 Å². The number of aliphatic imine (C=N–C) groups is 1. The van der Waals surface area contributed by atoms with E-state index < -0.39 is 17.8 Å². The Balaban J connectivity index is 1.45. The van der Waals surface area contributed by atoms with Crippen molar-refractivity contribution in [3.8, 4) is 5.75 Å². The summed E-state index contributed by atoms with van der Waals surface area (Å²) in [5.41, 5.74) is 1.26. The monoisotopic (exact) mass is 437 g/mol. The number of benzene rings is 1. The quantitative estimate of drug-likeness (QED) is 0.577. The van der Waals surface area contributed by atoms with Crippen molar-refractivity contribution in [2.75, 3.05) is 25.6 Å². The molecule has 1 aliphatic heterocycles. The molecule has 10 nitrogen and oxygen atoms in total. The van der Waals surface area contributed by atoms with E-state index in [1.165, 1.54) is 17.0 Å². The number of hydrogen-bond acceptors (Lipinski definition) is 7. The first-order chi connectivity index (χ1) is 15.4. The molecule has 2 N–H and O–H groups in total. The number of fused-ring (bicyclic) bond motifs is 1. The van der Waals surface area contributed by atoms with Crippen LogP contribution in [-0.2, 0) is 11.2 Å². The summed E-state index contributed by atoms with van der Waals surface area (Å²) in [5, 5.41) is 9.19. The van der Waals surface area contributed by atoms with Crippen LogP contribution in [0.25, 0.3) is 0 Å². The average molecular weight is 437 g/mol. The number of pyridine rings is 1. The number of aromatic amines is 1. The summed E-state index contributed by atoms with van der Waals surface area (Å²) in [5.74, 6) is -0.364. The number of anilines is 1. The lowest BCUT2D eigenvalue weighted by atomic mass is 10.1. The molecule has 0 radical (unpaired) electrons. The average Bonchev–Trinajstić information content (AvgIpc) is 3.20. The first-order valence-electron chi connectivity index (χ1n) is 9.73. The molecular formula is C21H20FN7O3. The Morgan fingerprint density at radius 3 is 3.09 bits per heavy atom. The number of carbonyl (C=O) groups excluding carboxylic acids is 2. The SMILES string of the molecule is CN=Cc1cc(F)cc(Cc2nc(C(=O)N[C@H]3COc4cccnc4N(C)C3=O)n[nH]2)c1. The Hall–Kier alpha value is -4.15. The number of nitrogens with zero attached hydrogens (tertiary/aromatic N) is 5. The molecule has 1 aromatic carbocycles. The second kappa shape index (κ2) is 8.92. The number of ether oxygens (including phenoxy) is 1. The van der Waals surface area contributed by atoms with Crippen LogP contribution in [0, 0.1) is 5.82 Å². The zero-order valence-electron chi connectivity index (χ0n) is 17.4. The molecule has 2 amide bonds. The van der Waals surface area contributed by atoms with Crippen LogP contribution in [0.1, 0.15) is 27.6 Å². The molecule has 32 heavy (non-hydrogen) atoms. The maximum atomic E-state index is 13.8. The molecule has 0 fully saturated rings. The van der Waals surface area contributed by atoms with Crippen LogP contribution < -0.4 is 15.0 Å². The van der Waals surface area contributed by atoms with Gasteiger partial charge in [0.25, 0.3) is 11.8 Å². The Morgan fingerprint density at radius 1 is 1.44 bits per heavy atom. The number of nitrogens with one attached hydrogen (secondary N) is 2. The Morgan fingerprint density at radius 2 is 2.28 bits per heavy atom. The van der Waals surface area contributed by atoms with E-state index in [9.17, 15) is 14.0 Å². The smallest absolute Gasteiger partial charge is 0.291 e. The summed E-state index contributed by atoms with van der Waals surface area (Å²) >= 11 is 0. The number of amides is 2. The van der Waals surface area contributed by atoms with Gasteiger partial charge in [-0.3, -0.25) is 24.6 Å². The zero-order chi connectivity index (χ0) is 22.7. The van der Waals surface area contributed by atoms with E-state index in [-0.39, 0.29) is 24.8 Å². The minimum atomic E-state index is -0.942. The van der Waals surface area contributed by atoms with Crippen LogP contribution in [0.3, 0.4) is 0 Å². The Bertz CT molecular complexity index is 1190. The van der Waals surface area contributed by atoms with Gasteiger partial charge < -0.3 is 10.1 Å². The van der Waals surface area contributed by atoms with Gasteiger partial charge in [-0.2, -0.15) is 0 Å². The molecule has 2 aromatic heterocycles. The maximum Gasteiger partial charge on any atom is 0.291 e. The lowest BCUT2D eigenvalue weighted by Crippen LogP contribution is -2.49. The molecule has 3 aromatic rings. The highest BCUT2D eigenvalue weighted by atomic mass is 19.1. The van der Waals surface area contributed by atoms with E-state index in [2.05, 4.69) is 30.5 Å². The van der Waals surface area contributed by atoms with Crippen molar-refractivity contribution in [1.29, 1.82) is 0 Å². The van der Waals surface area contributed by atoms with Crippen molar-refractivity contribution >= 4 is 23.8 Å². The second-order valence-corrected chi connectivity index (χ2v) is 7.12. The van der Waals surface area contributed by atoms with Gasteiger partial charge in [0.15, 0.2) is 11.6 Å². The molecule has 0 bridgehead atoms. The molecule has 11 heteroatoms. The molecule has 0 spiro atoms. The molecule has 1 aliphatic rings. The van der Waals surface area contributed by atoms with Gasteiger partial charge in [-0.05, 0) is 41.5 Å². The topological polar surface area (TPSA) is 125 Å². The fourth-order valence-electron chi connectivity index (χ4n) is 3.33. The summed E-state index contributed by atoms with van der Waals surface area (Å²) in [6.45, 7) is -0.0596. The molecule has 1 atom stereocenters. The van der Waals surface area contributed by atoms with Crippen LogP contribution >= 0.6 is 0 Å². The van der Waals surface area contributed by atoms with Gasteiger partial charge in [-0.15, -0.1) is 5.10 Å². The third kappa shape index (κ3) is 4.46. The normalized spacial score (nSPS) is 15.9. The molecule has 4 rings (SSSR count). The summed E-state index contributed by atoms with van der Waals surface area (Å²) in [6.07, 6.45) is 3.33. The van der Waals surface area contributed by atoms with Crippen molar-refractivity contribution in [2.45, 2.75) is 12.5 Å². The van der Waals surface area contributed by atoms with Gasteiger partial charge in [0, 0.05) is 32.9 Å². The lowest BCUT2D eigenvalue weighted by Gasteiger charge is -2.18.